The number of phenolic OH excluding ortho intramolecular Hbond substituents is 3. The number of carbonyl (C=O) groups is 4. The second-order valence-corrected chi connectivity index (χ2v) is 43.3. The summed E-state index contributed by atoms with van der Waals surface area (Å²) < 4.78 is 91.6. The molecule has 3 aliphatic carbocycles. The van der Waals surface area contributed by atoms with Crippen LogP contribution in [0.25, 0.3) is 48.9 Å². The normalized spacial score (nSPS) is 16.1. The predicted octanol–water partition coefficient (Wildman–Crippen LogP) is 23.9. The number of nitrogens with zero attached hydrogens (tertiary/aromatic N) is 8. The molecule has 0 radical (unpaired) electrons. The van der Waals surface area contributed by atoms with Crippen molar-refractivity contribution in [3.63, 3.8) is 0 Å². The molecule has 10 aromatic carbocycles. The number of allylic oxidation sites excluding steroid dienone is 1. The summed E-state index contributed by atoms with van der Waals surface area (Å²) in [5.74, 6) is -13.6. The van der Waals surface area contributed by atoms with Crippen molar-refractivity contribution in [3.8, 4) is 51.9 Å². The molecule has 766 valence electrons. The topological polar surface area (TPSA) is 331 Å². The van der Waals surface area contributed by atoms with Crippen LogP contribution in [0.2, 0.25) is 5.02 Å². The number of ketones is 1. The molecule has 3 aliphatic heterocycles. The first-order chi connectivity index (χ1) is 70.3. The van der Waals surface area contributed by atoms with Crippen LogP contribution in [0, 0.1) is 62.9 Å². The Balaban J connectivity index is 0.000000137. The van der Waals surface area contributed by atoms with Gasteiger partial charge in [0.2, 0.25) is 51.4 Å². The van der Waals surface area contributed by atoms with Gasteiger partial charge in [-0.05, 0) is 242 Å². The van der Waals surface area contributed by atoms with Crippen LogP contribution in [0.4, 0.5) is 22.0 Å². The van der Waals surface area contributed by atoms with Gasteiger partial charge in [-0.2, -0.15) is 24.2 Å². The number of likely N-dealkylation sites (tertiary alicyclic amines) is 1. The van der Waals surface area contributed by atoms with E-state index >= 15 is 0 Å². The number of amides is 2. The number of benzene rings is 10. The molecular weight excluding hydrogens is 2040 g/mol. The summed E-state index contributed by atoms with van der Waals surface area (Å²) in [4.78, 5) is 63.1. The quantitative estimate of drug-likeness (QED) is 0.00556. The highest BCUT2D eigenvalue weighted by Gasteiger charge is 2.45. The van der Waals surface area contributed by atoms with E-state index < -0.39 is 70.1 Å². The van der Waals surface area contributed by atoms with E-state index in [1.165, 1.54) is 84.8 Å². The molecule has 20 rings (SSSR count). The molecule has 4 aromatic heterocycles. The average Bonchev–Trinajstić information content (AvgIpc) is 1.60. The van der Waals surface area contributed by atoms with E-state index in [2.05, 4.69) is 172 Å². The Bertz CT molecular complexity index is 7300. The number of thiocarbonyl (C=S) groups is 2. The fourth-order valence-electron chi connectivity index (χ4n) is 17.8. The second-order valence-electron chi connectivity index (χ2n) is 37.9. The molecule has 38 heteroatoms. The van der Waals surface area contributed by atoms with Crippen molar-refractivity contribution in [2.75, 3.05) is 47.9 Å². The smallest absolute Gasteiger partial charge is 0.319 e. The minimum atomic E-state index is -2.31. The number of esters is 1. The number of ether oxygens (including phenoxy) is 3. The summed E-state index contributed by atoms with van der Waals surface area (Å²) >= 11 is 27.5. The number of hydrazone groups is 1. The molecule has 0 bridgehead atoms. The molecule has 1 saturated carbocycles. The summed E-state index contributed by atoms with van der Waals surface area (Å²) in [5.41, 5.74) is 13.2. The van der Waals surface area contributed by atoms with Gasteiger partial charge in [-0.3, -0.25) is 39.0 Å². The second kappa shape index (κ2) is 49.3. The Morgan fingerprint density at radius 1 is 0.748 bits per heavy atom. The predicted molar refractivity (Wildman–Crippen MR) is 580 cm³/mol. The van der Waals surface area contributed by atoms with Crippen LogP contribution in [0.3, 0.4) is 0 Å². The van der Waals surface area contributed by atoms with Gasteiger partial charge in [0, 0.05) is 80.8 Å². The van der Waals surface area contributed by atoms with Crippen LogP contribution in [-0.2, 0) is 55.9 Å². The van der Waals surface area contributed by atoms with E-state index in [0.29, 0.717) is 56.1 Å². The summed E-state index contributed by atoms with van der Waals surface area (Å²) in [6, 6.07) is 59.2. The van der Waals surface area contributed by atoms with Crippen LogP contribution < -0.4 is 36.2 Å². The first kappa shape index (κ1) is 110. The van der Waals surface area contributed by atoms with Crippen molar-refractivity contribution in [2.45, 2.75) is 158 Å². The van der Waals surface area contributed by atoms with Gasteiger partial charge in [-0.25, -0.2) is 18.2 Å². The van der Waals surface area contributed by atoms with Crippen molar-refractivity contribution >= 4 is 171 Å². The summed E-state index contributed by atoms with van der Waals surface area (Å²) in [5, 5.41) is 70.2. The highest BCUT2D eigenvalue weighted by Crippen LogP contribution is 2.48. The van der Waals surface area contributed by atoms with E-state index in [1.54, 1.807) is 102 Å². The number of carbonyl (C=O) groups excluding carboxylic acids is 4. The molecule has 3 atom stereocenters. The largest absolute Gasteiger partial charge is 0.508 e. The lowest BCUT2D eigenvalue weighted by atomic mass is 9.78. The molecule has 2 fully saturated rings. The van der Waals surface area contributed by atoms with Gasteiger partial charge < -0.3 is 60.2 Å². The SMILES string of the molecule is CC1CCc2c(sc3ncn4c(=S)[nH]nc4c23)C1.CN1CCC(N(C)Cc2cc(C(C)(C)C)c(O)c(C(C)(C)C)c2)CC1.CNC(=S)N/N=C1\CCOc2ccc3ccccc3c21.COC(=O)C1C(=O)NC(S)=C(C#N)C1c1ccccc1Cl.O=C(NC(=S)NCc1ccccc1)C1CCCC1.O=C1c2ccccc2-c2onc3ccc(Oc4c(F)c(F)c(F)c(F)c4F)c1c23.Oc1ccc(SSc2ccc(O)cc2)cc1. The van der Waals surface area contributed by atoms with Crippen LogP contribution in [-0.4, -0.2) is 143 Å². The van der Waals surface area contributed by atoms with Gasteiger partial charge in [0.25, 0.3) is 0 Å². The lowest BCUT2D eigenvalue weighted by Gasteiger charge is -2.35. The van der Waals surface area contributed by atoms with Gasteiger partial charge in [0.05, 0.1) is 52.4 Å². The first-order valence-electron chi connectivity index (χ1n) is 47.4. The average molecular weight is 2150 g/mol. The molecule has 3 unspecified atom stereocenters. The number of aromatic nitrogens is 5. The number of hydrogen-bond acceptors (Lipinski definition) is 25. The summed E-state index contributed by atoms with van der Waals surface area (Å²) in [7, 11) is 10.6. The number of halogens is 6. The van der Waals surface area contributed by atoms with E-state index in [1.807, 2.05) is 94.6 Å². The fraction of sp³-hybridized carbons (Fsp3) is 0.303. The molecule has 6 aliphatic rings. The van der Waals surface area contributed by atoms with E-state index in [-0.39, 0.29) is 72.5 Å². The number of nitriles is 1. The zero-order chi connectivity index (χ0) is 105. The minimum absolute atomic E-state index is 0.0633. The number of aromatic hydroxyl groups is 3. The van der Waals surface area contributed by atoms with Crippen molar-refractivity contribution < 1.29 is 75.2 Å². The zero-order valence-electron chi connectivity index (χ0n) is 82.3. The lowest BCUT2D eigenvalue weighted by molar-refractivity contribution is -0.150. The van der Waals surface area contributed by atoms with Crippen molar-refractivity contribution in [3.05, 3.63) is 299 Å². The number of hydrogen-bond donors (Lipinski definition) is 10. The molecule has 9 N–H and O–H groups in total. The number of phenols is 3. The lowest BCUT2D eigenvalue weighted by Crippen LogP contribution is -2.43. The van der Waals surface area contributed by atoms with Gasteiger partial charge in [-0.1, -0.05) is 215 Å². The third-order valence-electron chi connectivity index (χ3n) is 25.6. The minimum Gasteiger partial charge on any atom is -0.508 e. The number of thiophene rings is 1. The Kier molecular flexibility index (Phi) is 36.8. The molecule has 7 heterocycles. The van der Waals surface area contributed by atoms with E-state index in [0.717, 1.165) is 116 Å². The molecule has 2 amide bonds. The van der Waals surface area contributed by atoms with Crippen molar-refractivity contribution in [1.82, 2.24) is 61.2 Å². The molecular formula is C109H110ClF5N14O11S7. The Morgan fingerprint density at radius 3 is 1.99 bits per heavy atom. The number of methoxy groups -OCH3 is 1. The Hall–Kier alpha value is -12.9. The van der Waals surface area contributed by atoms with Crippen LogP contribution in [0.1, 0.15) is 165 Å². The van der Waals surface area contributed by atoms with E-state index in [4.69, 9.17) is 72.5 Å². The number of H-pyrrole nitrogens is 1. The standard InChI is InChI=1S/C22H38N2O.C20H6F5NO3.C15H15N3OS.C14H11ClN2O3S.C14H18N2OS.C12H12N4S2.C12H10O2S2/c1-21(2,3)18-13-16(14-19(20(18)25)22(4,5)6)15-24(8)17-9-11-23(7)12-10-17;21-13-14(22)16(24)20(17(25)15(13)23)28-10-6-5-9-11-12(10)18(27)7-3-1-2-4-8(7)19(11)29-26-9;1-16-15(20)18-17-12-8-9-19-13-7-6-10-4-2-3-5-11(10)14(12)13;1-20-14(19)11-10(7-4-2-3-5-9(7)15)8(6-16)13(21)17-12(11)18;17-13(12-8-4-5-9-12)16-14(18)15-10-11-6-2-1-3-7-11;1-6-2-3-7-8(4-6)18-11-9(7)10-14-15-12(17)16(10)5-13-11;13-9-1-5-11(6-2-9)15-16-12-7-3-10(14)4-8-12/h13-14,17,25H,9-12,15H2,1-8H3;1-6H;2-7H,8-9H2,1H3,(H2,16,18,20);2-5,10-11,21H,1H3,(H,17,18);1-3,6-7,12H,4-5,8-10H2,(H2,15,16,17,18);5-6H,2-4H2,1H3,(H,15,17);1-8,13-14H/b;;17-12+;;;;. The maximum atomic E-state index is 14.0. The van der Waals surface area contributed by atoms with Crippen LogP contribution in [0.5, 0.6) is 34.5 Å². The number of piperidine rings is 1. The number of nitrogens with one attached hydrogen (secondary N) is 6. The number of aryl methyl sites for hydroxylation is 1. The Morgan fingerprint density at radius 2 is 1.36 bits per heavy atom. The molecule has 0 spiro atoms. The molecule has 1 saturated heterocycles. The van der Waals surface area contributed by atoms with Crippen LogP contribution in [0.15, 0.2) is 224 Å². The van der Waals surface area contributed by atoms with Gasteiger partial charge >= 0.3 is 5.97 Å². The number of rotatable bonds is 14. The molecule has 25 nitrogen and oxygen atoms in total. The zero-order valence-corrected chi connectivity index (χ0v) is 88.9. The third-order valence-corrected chi connectivity index (χ3v) is 30.7. The van der Waals surface area contributed by atoms with Gasteiger partial charge in [0.1, 0.15) is 51.3 Å². The fourth-order valence-corrected chi connectivity index (χ4v) is 22.0. The van der Waals surface area contributed by atoms with Gasteiger partial charge in [-0.15, -0.1) is 24.0 Å². The van der Waals surface area contributed by atoms with Crippen molar-refractivity contribution in [1.29, 1.82) is 5.26 Å². The summed E-state index contributed by atoms with van der Waals surface area (Å²) in [6.45, 7) is 20.0. The number of fused-ring (bicyclic) bond motifs is 10. The van der Waals surface area contributed by atoms with Crippen LogP contribution >= 0.6 is 93.8 Å². The summed E-state index contributed by atoms with van der Waals surface area (Å²) in [6.07, 6.45) is 12.9. The van der Waals surface area contributed by atoms with E-state index in [9.17, 15) is 51.5 Å². The number of thiol groups is 1. The highest BCUT2D eigenvalue weighted by atomic mass is 35.5. The molecule has 147 heavy (non-hydrogen) atoms. The Labute approximate surface area is 885 Å². The maximum absolute atomic E-state index is 14.0. The highest BCUT2D eigenvalue weighted by molar-refractivity contribution is 8.76. The van der Waals surface area contributed by atoms with Crippen molar-refractivity contribution in [2.24, 2.45) is 22.9 Å². The monoisotopic (exact) mass is 2140 g/mol. The third kappa shape index (κ3) is 26.5. The van der Waals surface area contributed by atoms with Gasteiger partial charge in [0.15, 0.2) is 27.4 Å². The number of aromatic amines is 1. The molecule has 14 aromatic rings. The first-order valence-corrected chi connectivity index (χ1v) is 52.4. The maximum Gasteiger partial charge on any atom is 0.319 e.